The van der Waals surface area contributed by atoms with Crippen LogP contribution in [0.25, 0.3) is 0 Å². The first-order valence-electron chi connectivity index (χ1n) is 6.68. The Bertz CT molecular complexity index is 202. The van der Waals surface area contributed by atoms with Crippen molar-refractivity contribution in [3.05, 3.63) is 0 Å². The topological polar surface area (TPSA) is 66.6 Å². The van der Waals surface area contributed by atoms with Gasteiger partial charge in [-0.05, 0) is 26.2 Å². The van der Waals surface area contributed by atoms with Crippen molar-refractivity contribution in [2.45, 2.75) is 52.5 Å². The highest BCUT2D eigenvalue weighted by molar-refractivity contribution is 5.78. The summed E-state index contributed by atoms with van der Waals surface area (Å²) in [6.07, 6.45) is 3.76. The summed E-state index contributed by atoms with van der Waals surface area (Å²) in [7, 11) is 0. The van der Waals surface area contributed by atoms with Gasteiger partial charge >= 0.3 is 0 Å². The Hall–Kier alpha value is -0.610. The molecule has 2 atom stereocenters. The fourth-order valence-electron chi connectivity index (χ4n) is 1.90. The van der Waals surface area contributed by atoms with Crippen molar-refractivity contribution in [1.29, 1.82) is 0 Å². The van der Waals surface area contributed by atoms with Gasteiger partial charge in [0.15, 0.2) is 0 Å². The van der Waals surface area contributed by atoms with Gasteiger partial charge in [0.2, 0.25) is 5.91 Å². The summed E-state index contributed by atoms with van der Waals surface area (Å²) in [5, 5.41) is 8.93. The normalized spacial score (nSPS) is 14.4. The van der Waals surface area contributed by atoms with Gasteiger partial charge in [-0.1, -0.05) is 20.3 Å². The standard InChI is InChI=1S/C13H28N2O2/c1-4-8-15(9-10-16)13(17)11(2)6-5-7-12(3)14/h11-12,16H,4-10,14H2,1-3H3. The second kappa shape index (κ2) is 9.42. The van der Waals surface area contributed by atoms with Crippen LogP contribution >= 0.6 is 0 Å². The lowest BCUT2D eigenvalue weighted by Gasteiger charge is -2.24. The minimum absolute atomic E-state index is 0.0341. The Labute approximate surface area is 105 Å². The summed E-state index contributed by atoms with van der Waals surface area (Å²) in [4.78, 5) is 13.8. The van der Waals surface area contributed by atoms with Crippen LogP contribution in [0.1, 0.15) is 46.5 Å². The van der Waals surface area contributed by atoms with Crippen molar-refractivity contribution in [2.75, 3.05) is 19.7 Å². The van der Waals surface area contributed by atoms with Gasteiger partial charge in [-0.2, -0.15) is 0 Å². The molecule has 0 aliphatic carbocycles. The minimum Gasteiger partial charge on any atom is -0.395 e. The van der Waals surface area contributed by atoms with E-state index < -0.39 is 0 Å². The van der Waals surface area contributed by atoms with Crippen LogP contribution in [0.5, 0.6) is 0 Å². The smallest absolute Gasteiger partial charge is 0.225 e. The van der Waals surface area contributed by atoms with E-state index >= 15 is 0 Å². The minimum atomic E-state index is 0.0341. The highest BCUT2D eigenvalue weighted by atomic mass is 16.3. The van der Waals surface area contributed by atoms with Crippen LogP contribution in [0.3, 0.4) is 0 Å². The molecule has 1 amide bonds. The molecular formula is C13H28N2O2. The first-order chi connectivity index (χ1) is 8.02. The molecule has 4 nitrogen and oxygen atoms in total. The highest BCUT2D eigenvalue weighted by Crippen LogP contribution is 2.12. The lowest BCUT2D eigenvalue weighted by molar-refractivity contribution is -0.135. The molecule has 0 rings (SSSR count). The summed E-state index contributed by atoms with van der Waals surface area (Å²) in [6.45, 7) is 7.21. The number of carbonyl (C=O) groups excluding carboxylic acids is 1. The quantitative estimate of drug-likeness (QED) is 0.644. The monoisotopic (exact) mass is 244 g/mol. The summed E-state index contributed by atoms with van der Waals surface area (Å²) < 4.78 is 0. The Balaban J connectivity index is 4.05. The number of carbonyl (C=O) groups is 1. The van der Waals surface area contributed by atoms with E-state index in [9.17, 15) is 4.79 Å². The number of nitrogens with two attached hydrogens (primary N) is 1. The van der Waals surface area contributed by atoms with Crippen LogP contribution < -0.4 is 5.73 Å². The lowest BCUT2D eigenvalue weighted by Crippen LogP contribution is -2.37. The molecule has 0 saturated heterocycles. The largest absolute Gasteiger partial charge is 0.395 e. The average molecular weight is 244 g/mol. The fraction of sp³-hybridized carbons (Fsp3) is 0.923. The van der Waals surface area contributed by atoms with Crippen molar-refractivity contribution >= 4 is 5.91 Å². The Morgan fingerprint density at radius 1 is 1.29 bits per heavy atom. The SMILES string of the molecule is CCCN(CCO)C(=O)C(C)CCCC(C)N. The zero-order valence-electron chi connectivity index (χ0n) is 11.5. The molecule has 0 aromatic rings. The Morgan fingerprint density at radius 3 is 2.41 bits per heavy atom. The van der Waals surface area contributed by atoms with Gasteiger partial charge < -0.3 is 15.7 Å². The zero-order chi connectivity index (χ0) is 13.3. The molecule has 0 aromatic carbocycles. The van der Waals surface area contributed by atoms with Crippen molar-refractivity contribution in [1.82, 2.24) is 4.90 Å². The maximum Gasteiger partial charge on any atom is 0.225 e. The van der Waals surface area contributed by atoms with Gasteiger partial charge in [0.05, 0.1) is 6.61 Å². The maximum absolute atomic E-state index is 12.1. The van der Waals surface area contributed by atoms with E-state index in [2.05, 4.69) is 0 Å². The molecule has 0 aliphatic rings. The van der Waals surface area contributed by atoms with E-state index in [4.69, 9.17) is 10.8 Å². The third-order valence-electron chi connectivity index (χ3n) is 2.89. The maximum atomic E-state index is 12.1. The van der Waals surface area contributed by atoms with Crippen molar-refractivity contribution in [3.63, 3.8) is 0 Å². The van der Waals surface area contributed by atoms with Gasteiger partial charge in [0.25, 0.3) is 0 Å². The predicted octanol–water partition coefficient (Wildman–Crippen LogP) is 1.37. The zero-order valence-corrected chi connectivity index (χ0v) is 11.5. The van der Waals surface area contributed by atoms with Gasteiger partial charge in [-0.15, -0.1) is 0 Å². The second-order valence-corrected chi connectivity index (χ2v) is 4.86. The van der Waals surface area contributed by atoms with E-state index in [0.29, 0.717) is 6.54 Å². The van der Waals surface area contributed by atoms with Crippen molar-refractivity contribution in [2.24, 2.45) is 11.7 Å². The Kier molecular flexibility index (Phi) is 9.09. The third-order valence-corrected chi connectivity index (χ3v) is 2.89. The highest BCUT2D eigenvalue weighted by Gasteiger charge is 2.19. The third kappa shape index (κ3) is 7.34. The van der Waals surface area contributed by atoms with Gasteiger partial charge in [-0.25, -0.2) is 0 Å². The van der Waals surface area contributed by atoms with Crippen LogP contribution in [-0.2, 0) is 4.79 Å². The molecule has 0 aliphatic heterocycles. The molecule has 0 fully saturated rings. The molecular weight excluding hydrogens is 216 g/mol. The number of aliphatic hydroxyl groups is 1. The first kappa shape index (κ1) is 16.4. The van der Waals surface area contributed by atoms with Crippen LogP contribution in [0.2, 0.25) is 0 Å². The van der Waals surface area contributed by atoms with Gasteiger partial charge in [0, 0.05) is 25.0 Å². The fourth-order valence-corrected chi connectivity index (χ4v) is 1.90. The second-order valence-electron chi connectivity index (χ2n) is 4.86. The lowest BCUT2D eigenvalue weighted by atomic mass is 10.0. The molecule has 0 aromatic heterocycles. The van der Waals surface area contributed by atoms with Crippen LogP contribution in [0.15, 0.2) is 0 Å². The van der Waals surface area contributed by atoms with E-state index in [1.165, 1.54) is 0 Å². The Morgan fingerprint density at radius 2 is 1.94 bits per heavy atom. The van der Waals surface area contributed by atoms with E-state index in [-0.39, 0.29) is 24.5 Å². The van der Waals surface area contributed by atoms with E-state index in [1.54, 1.807) is 4.90 Å². The molecule has 0 heterocycles. The number of aliphatic hydroxyl groups excluding tert-OH is 1. The van der Waals surface area contributed by atoms with Crippen LogP contribution in [0.4, 0.5) is 0 Å². The molecule has 0 bridgehead atoms. The van der Waals surface area contributed by atoms with E-state index in [1.807, 2.05) is 20.8 Å². The molecule has 4 heteroatoms. The summed E-state index contributed by atoms with van der Waals surface area (Å²) in [6, 6.07) is 0.210. The molecule has 0 radical (unpaired) electrons. The van der Waals surface area contributed by atoms with Crippen LogP contribution in [0, 0.1) is 5.92 Å². The number of rotatable bonds is 9. The van der Waals surface area contributed by atoms with Gasteiger partial charge in [0.1, 0.15) is 0 Å². The number of nitrogens with zero attached hydrogens (tertiary/aromatic N) is 1. The molecule has 3 N–H and O–H groups in total. The molecule has 0 saturated carbocycles. The molecule has 0 spiro atoms. The number of amides is 1. The van der Waals surface area contributed by atoms with E-state index in [0.717, 1.165) is 32.2 Å². The first-order valence-corrected chi connectivity index (χ1v) is 6.68. The number of hydrogen-bond donors (Lipinski definition) is 2. The molecule has 2 unspecified atom stereocenters. The predicted molar refractivity (Wildman–Crippen MR) is 70.6 cm³/mol. The van der Waals surface area contributed by atoms with Gasteiger partial charge in [-0.3, -0.25) is 4.79 Å². The number of hydrogen-bond acceptors (Lipinski definition) is 3. The average Bonchev–Trinajstić information content (AvgIpc) is 2.27. The molecule has 17 heavy (non-hydrogen) atoms. The van der Waals surface area contributed by atoms with Crippen molar-refractivity contribution in [3.8, 4) is 0 Å². The van der Waals surface area contributed by atoms with Crippen LogP contribution in [-0.4, -0.2) is 41.7 Å². The summed E-state index contributed by atoms with van der Waals surface area (Å²) >= 11 is 0. The molecule has 102 valence electrons. The van der Waals surface area contributed by atoms with Crippen molar-refractivity contribution < 1.29 is 9.90 Å². The summed E-state index contributed by atoms with van der Waals surface area (Å²) in [5.74, 6) is 0.192. The summed E-state index contributed by atoms with van der Waals surface area (Å²) in [5.41, 5.74) is 5.68.